The van der Waals surface area contributed by atoms with Gasteiger partial charge in [0.15, 0.2) is 0 Å². The van der Waals surface area contributed by atoms with Crippen LogP contribution in [-0.2, 0) is 0 Å². The van der Waals surface area contributed by atoms with Gasteiger partial charge in [0.1, 0.15) is 11.4 Å². The minimum Gasteiger partial charge on any atom is -0.319 e. The first-order valence-corrected chi connectivity index (χ1v) is 7.40. The molecule has 5 heteroatoms. The summed E-state index contributed by atoms with van der Waals surface area (Å²) in [5.74, 6) is -0.352. The van der Waals surface area contributed by atoms with Gasteiger partial charge in [-0.2, -0.15) is 5.26 Å². The second kappa shape index (κ2) is 7.07. The molecule has 2 amide bonds. The third-order valence-corrected chi connectivity index (χ3v) is 3.88. The summed E-state index contributed by atoms with van der Waals surface area (Å²) in [5.41, 5.74) is -0.280. The van der Waals surface area contributed by atoms with Gasteiger partial charge in [-0.1, -0.05) is 32.1 Å². The molecule has 0 spiro atoms. The Kier molecular flexibility index (Phi) is 5.15. The van der Waals surface area contributed by atoms with Gasteiger partial charge in [0.25, 0.3) is 0 Å². The first kappa shape index (κ1) is 15.3. The van der Waals surface area contributed by atoms with Gasteiger partial charge in [-0.3, -0.25) is 0 Å². The number of halogens is 1. The zero-order valence-corrected chi connectivity index (χ0v) is 12.0. The largest absolute Gasteiger partial charge is 0.320 e. The van der Waals surface area contributed by atoms with Crippen molar-refractivity contribution in [1.82, 2.24) is 5.32 Å². The highest BCUT2D eigenvalue weighted by molar-refractivity contribution is 5.90. The molecule has 0 atom stereocenters. The quantitative estimate of drug-likeness (QED) is 0.865. The number of nitrogens with zero attached hydrogens (tertiary/aromatic N) is 1. The molecule has 0 saturated heterocycles. The average Bonchev–Trinajstić information content (AvgIpc) is 2.45. The summed E-state index contributed by atoms with van der Waals surface area (Å²) in [4.78, 5) is 12.1. The summed E-state index contributed by atoms with van der Waals surface area (Å²) >= 11 is 0. The predicted octanol–water partition coefficient (Wildman–Crippen LogP) is 3.95. The molecule has 0 aliphatic heterocycles. The maximum atomic E-state index is 12.8. The first-order valence-electron chi connectivity index (χ1n) is 7.40. The predicted molar refractivity (Wildman–Crippen MR) is 79.2 cm³/mol. The second-order valence-corrected chi connectivity index (χ2v) is 5.55. The SMILES string of the molecule is N#CC1(NC(=O)Nc2ccc(F)cc2)CCCCCCC1. The van der Waals surface area contributed by atoms with Crippen LogP contribution < -0.4 is 10.6 Å². The molecular weight excluding hydrogens is 269 g/mol. The molecule has 1 fully saturated rings. The van der Waals surface area contributed by atoms with Crippen molar-refractivity contribution in [3.05, 3.63) is 30.1 Å². The highest BCUT2D eigenvalue weighted by Crippen LogP contribution is 2.26. The van der Waals surface area contributed by atoms with Crippen molar-refractivity contribution in [3.63, 3.8) is 0 Å². The third kappa shape index (κ3) is 4.45. The number of hydrogen-bond acceptors (Lipinski definition) is 2. The van der Waals surface area contributed by atoms with E-state index in [0.717, 1.165) is 25.7 Å². The van der Waals surface area contributed by atoms with Crippen molar-refractivity contribution >= 4 is 11.7 Å². The Balaban J connectivity index is 1.98. The average molecular weight is 289 g/mol. The fourth-order valence-electron chi connectivity index (χ4n) is 2.69. The molecular formula is C16H20FN3O. The van der Waals surface area contributed by atoms with Crippen molar-refractivity contribution in [2.75, 3.05) is 5.32 Å². The summed E-state index contributed by atoms with van der Waals surface area (Å²) in [6.45, 7) is 0. The van der Waals surface area contributed by atoms with Crippen LogP contribution in [0.25, 0.3) is 0 Å². The van der Waals surface area contributed by atoms with Crippen LogP contribution in [0.5, 0.6) is 0 Å². The lowest BCUT2D eigenvalue weighted by Gasteiger charge is -2.29. The molecule has 0 heterocycles. The van der Waals surface area contributed by atoms with Gasteiger partial charge >= 0.3 is 6.03 Å². The van der Waals surface area contributed by atoms with Crippen LogP contribution in [0.2, 0.25) is 0 Å². The summed E-state index contributed by atoms with van der Waals surface area (Å²) in [7, 11) is 0. The summed E-state index contributed by atoms with van der Waals surface area (Å²) in [5, 5.41) is 14.9. The fraction of sp³-hybridized carbons (Fsp3) is 0.500. The molecule has 1 saturated carbocycles. The van der Waals surface area contributed by atoms with Crippen molar-refractivity contribution in [1.29, 1.82) is 5.26 Å². The molecule has 0 aromatic heterocycles. The van der Waals surface area contributed by atoms with E-state index in [0.29, 0.717) is 18.5 Å². The maximum absolute atomic E-state index is 12.8. The minimum atomic E-state index is -0.787. The number of rotatable bonds is 2. The van der Waals surface area contributed by atoms with Crippen LogP contribution in [0.15, 0.2) is 24.3 Å². The number of benzene rings is 1. The molecule has 2 rings (SSSR count). The molecule has 0 radical (unpaired) electrons. The van der Waals surface area contributed by atoms with Gasteiger partial charge in [-0.25, -0.2) is 9.18 Å². The molecule has 2 N–H and O–H groups in total. The molecule has 112 valence electrons. The van der Waals surface area contributed by atoms with Crippen molar-refractivity contribution in [2.24, 2.45) is 0 Å². The number of nitrogens with one attached hydrogen (secondary N) is 2. The number of carbonyl (C=O) groups is 1. The Labute approximate surface area is 124 Å². The van der Waals surface area contributed by atoms with Crippen LogP contribution in [0.3, 0.4) is 0 Å². The van der Waals surface area contributed by atoms with E-state index >= 15 is 0 Å². The van der Waals surface area contributed by atoms with Crippen LogP contribution in [0, 0.1) is 17.1 Å². The summed E-state index contributed by atoms with van der Waals surface area (Å²) in [6.07, 6.45) is 6.66. The molecule has 21 heavy (non-hydrogen) atoms. The Morgan fingerprint density at radius 2 is 1.67 bits per heavy atom. The second-order valence-electron chi connectivity index (χ2n) is 5.55. The third-order valence-electron chi connectivity index (χ3n) is 3.88. The lowest BCUT2D eigenvalue weighted by Crippen LogP contribution is -2.49. The number of urea groups is 1. The summed E-state index contributed by atoms with van der Waals surface area (Å²) < 4.78 is 12.8. The van der Waals surface area contributed by atoms with Gasteiger partial charge in [-0.15, -0.1) is 0 Å². The van der Waals surface area contributed by atoms with E-state index in [1.165, 1.54) is 30.7 Å². The first-order chi connectivity index (χ1) is 10.1. The lowest BCUT2D eigenvalue weighted by atomic mass is 9.85. The Morgan fingerprint density at radius 3 is 2.24 bits per heavy atom. The number of anilines is 1. The highest BCUT2D eigenvalue weighted by atomic mass is 19.1. The van der Waals surface area contributed by atoms with Crippen LogP contribution >= 0.6 is 0 Å². The van der Waals surface area contributed by atoms with E-state index in [4.69, 9.17) is 0 Å². The van der Waals surface area contributed by atoms with E-state index in [9.17, 15) is 14.4 Å². The van der Waals surface area contributed by atoms with Crippen LogP contribution in [-0.4, -0.2) is 11.6 Å². The normalized spacial score (nSPS) is 17.9. The molecule has 1 aromatic carbocycles. The Bertz CT molecular complexity index is 513. The van der Waals surface area contributed by atoms with Gasteiger partial charge in [0, 0.05) is 5.69 Å². The van der Waals surface area contributed by atoms with E-state index in [1.807, 2.05) is 0 Å². The molecule has 0 unspecified atom stereocenters. The highest BCUT2D eigenvalue weighted by Gasteiger charge is 2.31. The maximum Gasteiger partial charge on any atom is 0.320 e. The standard InChI is InChI=1S/C16H20FN3O/c17-13-6-8-14(9-7-13)19-15(21)20-16(12-18)10-4-2-1-3-5-11-16/h6-9H,1-5,10-11H2,(H2,19,20,21). The zero-order chi connectivity index (χ0) is 15.1. The van der Waals surface area contributed by atoms with E-state index in [2.05, 4.69) is 16.7 Å². The number of amides is 2. The van der Waals surface area contributed by atoms with Gasteiger partial charge in [0.2, 0.25) is 0 Å². The number of hydrogen-bond donors (Lipinski definition) is 2. The smallest absolute Gasteiger partial charge is 0.319 e. The Hall–Kier alpha value is -2.09. The van der Waals surface area contributed by atoms with Gasteiger partial charge in [-0.05, 0) is 37.1 Å². The van der Waals surface area contributed by atoms with Crippen molar-refractivity contribution in [3.8, 4) is 6.07 Å². The zero-order valence-electron chi connectivity index (χ0n) is 12.0. The Morgan fingerprint density at radius 1 is 1.10 bits per heavy atom. The topological polar surface area (TPSA) is 64.9 Å². The van der Waals surface area contributed by atoms with E-state index in [-0.39, 0.29) is 5.82 Å². The van der Waals surface area contributed by atoms with Gasteiger partial charge < -0.3 is 10.6 Å². The molecule has 4 nitrogen and oxygen atoms in total. The van der Waals surface area contributed by atoms with E-state index < -0.39 is 11.6 Å². The van der Waals surface area contributed by atoms with E-state index in [1.54, 1.807) is 0 Å². The van der Waals surface area contributed by atoms with Crippen molar-refractivity contribution < 1.29 is 9.18 Å². The van der Waals surface area contributed by atoms with Crippen LogP contribution in [0.4, 0.5) is 14.9 Å². The van der Waals surface area contributed by atoms with Crippen LogP contribution in [0.1, 0.15) is 44.9 Å². The molecule has 1 aliphatic carbocycles. The number of nitriles is 1. The molecule has 1 aromatic rings. The minimum absolute atomic E-state index is 0.352. The number of carbonyl (C=O) groups excluding carboxylic acids is 1. The summed E-state index contributed by atoms with van der Waals surface area (Å²) in [6, 6.07) is 7.42. The lowest BCUT2D eigenvalue weighted by molar-refractivity contribution is 0.236. The fourth-order valence-corrected chi connectivity index (χ4v) is 2.69. The molecule has 0 bridgehead atoms. The monoisotopic (exact) mass is 289 g/mol. The van der Waals surface area contributed by atoms with Gasteiger partial charge in [0.05, 0.1) is 6.07 Å². The van der Waals surface area contributed by atoms with Crippen molar-refractivity contribution in [2.45, 2.75) is 50.5 Å². The molecule has 1 aliphatic rings.